The highest BCUT2D eigenvalue weighted by molar-refractivity contribution is 5.18. The van der Waals surface area contributed by atoms with Crippen LogP contribution < -0.4 is 5.73 Å². The molecule has 0 aliphatic heterocycles. The van der Waals surface area contributed by atoms with Crippen molar-refractivity contribution >= 4 is 0 Å². The molecule has 2 heteroatoms. The Bertz CT molecular complexity index is 311. The van der Waals surface area contributed by atoms with Gasteiger partial charge in [0.05, 0.1) is 6.26 Å². The van der Waals surface area contributed by atoms with Crippen molar-refractivity contribution in [1.82, 2.24) is 0 Å². The van der Waals surface area contributed by atoms with E-state index in [9.17, 15) is 0 Å². The van der Waals surface area contributed by atoms with Gasteiger partial charge in [-0.05, 0) is 12.1 Å². The van der Waals surface area contributed by atoms with E-state index in [0.717, 1.165) is 12.2 Å². The lowest BCUT2D eigenvalue weighted by Gasteiger charge is -2.18. The van der Waals surface area contributed by atoms with Gasteiger partial charge in [0.1, 0.15) is 5.76 Å². The van der Waals surface area contributed by atoms with Crippen molar-refractivity contribution in [1.29, 1.82) is 0 Å². The van der Waals surface area contributed by atoms with Crippen LogP contribution in [-0.4, -0.2) is 6.04 Å². The minimum Gasteiger partial charge on any atom is -0.469 e. The number of hydrogen-bond donors (Lipinski definition) is 1. The SMILES string of the molecule is NC1C=CC=CC1Cc1ccco1. The van der Waals surface area contributed by atoms with Gasteiger partial charge in [-0.15, -0.1) is 0 Å². The van der Waals surface area contributed by atoms with Crippen LogP contribution >= 0.6 is 0 Å². The second-order valence-electron chi connectivity index (χ2n) is 3.29. The van der Waals surface area contributed by atoms with Gasteiger partial charge in [0.25, 0.3) is 0 Å². The minimum absolute atomic E-state index is 0.120. The van der Waals surface area contributed by atoms with Gasteiger partial charge < -0.3 is 10.2 Å². The van der Waals surface area contributed by atoms with Gasteiger partial charge in [-0.2, -0.15) is 0 Å². The van der Waals surface area contributed by atoms with Crippen molar-refractivity contribution in [3.63, 3.8) is 0 Å². The first-order valence-corrected chi connectivity index (χ1v) is 4.49. The van der Waals surface area contributed by atoms with Crippen LogP contribution in [0.3, 0.4) is 0 Å². The molecule has 0 amide bonds. The summed E-state index contributed by atoms with van der Waals surface area (Å²) in [6.45, 7) is 0. The molecule has 1 aliphatic rings. The molecule has 13 heavy (non-hydrogen) atoms. The third kappa shape index (κ3) is 1.90. The summed E-state index contributed by atoms with van der Waals surface area (Å²) in [6, 6.07) is 4.01. The van der Waals surface area contributed by atoms with Gasteiger partial charge in [0, 0.05) is 18.4 Å². The minimum atomic E-state index is 0.120. The highest BCUT2D eigenvalue weighted by atomic mass is 16.3. The summed E-state index contributed by atoms with van der Waals surface area (Å²) in [5, 5.41) is 0. The predicted octanol–water partition coefficient (Wildman–Crippen LogP) is 1.89. The van der Waals surface area contributed by atoms with Gasteiger partial charge >= 0.3 is 0 Å². The van der Waals surface area contributed by atoms with Crippen LogP contribution in [0.15, 0.2) is 47.1 Å². The van der Waals surface area contributed by atoms with E-state index in [4.69, 9.17) is 10.2 Å². The van der Waals surface area contributed by atoms with E-state index in [1.54, 1.807) is 6.26 Å². The molecule has 2 N–H and O–H groups in total. The van der Waals surface area contributed by atoms with Crippen LogP contribution in [0.25, 0.3) is 0 Å². The fourth-order valence-corrected chi connectivity index (χ4v) is 1.54. The molecular formula is C11H13NO. The Labute approximate surface area is 77.7 Å². The zero-order chi connectivity index (χ0) is 9.10. The van der Waals surface area contributed by atoms with Gasteiger partial charge in [-0.1, -0.05) is 24.3 Å². The summed E-state index contributed by atoms with van der Waals surface area (Å²) in [5.74, 6) is 1.37. The van der Waals surface area contributed by atoms with Crippen LogP contribution in [-0.2, 0) is 6.42 Å². The molecule has 0 saturated heterocycles. The standard InChI is InChI=1S/C11H13NO/c12-11-6-2-1-4-9(11)8-10-5-3-7-13-10/h1-7,9,11H,8,12H2. The first-order chi connectivity index (χ1) is 6.36. The normalized spacial score (nSPS) is 26.5. The highest BCUT2D eigenvalue weighted by Gasteiger charge is 2.15. The zero-order valence-corrected chi connectivity index (χ0v) is 7.39. The summed E-state index contributed by atoms with van der Waals surface area (Å²) in [7, 11) is 0. The van der Waals surface area contributed by atoms with Crippen molar-refractivity contribution in [3.05, 3.63) is 48.5 Å². The smallest absolute Gasteiger partial charge is 0.104 e. The first-order valence-electron chi connectivity index (χ1n) is 4.49. The summed E-state index contributed by atoms with van der Waals surface area (Å²) >= 11 is 0. The van der Waals surface area contributed by atoms with E-state index in [0.29, 0.717) is 5.92 Å². The molecule has 2 nitrogen and oxygen atoms in total. The molecule has 0 spiro atoms. The maximum absolute atomic E-state index is 5.92. The molecule has 68 valence electrons. The van der Waals surface area contributed by atoms with Crippen LogP contribution in [0.2, 0.25) is 0 Å². The van der Waals surface area contributed by atoms with Crippen molar-refractivity contribution in [2.24, 2.45) is 11.7 Å². The van der Waals surface area contributed by atoms with Gasteiger partial charge in [0.2, 0.25) is 0 Å². The number of furan rings is 1. The maximum Gasteiger partial charge on any atom is 0.104 e. The largest absolute Gasteiger partial charge is 0.469 e. The number of rotatable bonds is 2. The molecule has 1 aliphatic carbocycles. The van der Waals surface area contributed by atoms with Gasteiger partial charge in [0.15, 0.2) is 0 Å². The van der Waals surface area contributed by atoms with Gasteiger partial charge in [-0.25, -0.2) is 0 Å². The van der Waals surface area contributed by atoms with E-state index >= 15 is 0 Å². The predicted molar refractivity (Wildman–Crippen MR) is 52.2 cm³/mol. The van der Waals surface area contributed by atoms with E-state index in [-0.39, 0.29) is 6.04 Å². The lowest BCUT2D eigenvalue weighted by atomic mass is 9.92. The van der Waals surface area contributed by atoms with E-state index in [1.165, 1.54) is 0 Å². The monoisotopic (exact) mass is 175 g/mol. The van der Waals surface area contributed by atoms with E-state index < -0.39 is 0 Å². The summed E-state index contributed by atoms with van der Waals surface area (Å²) in [4.78, 5) is 0. The molecule has 1 aromatic rings. The number of allylic oxidation sites excluding steroid dienone is 2. The second kappa shape index (κ2) is 3.62. The molecule has 2 unspecified atom stereocenters. The Morgan fingerprint density at radius 1 is 1.31 bits per heavy atom. The van der Waals surface area contributed by atoms with Gasteiger partial charge in [-0.3, -0.25) is 0 Å². The fraction of sp³-hybridized carbons (Fsp3) is 0.273. The van der Waals surface area contributed by atoms with Crippen molar-refractivity contribution in [2.75, 3.05) is 0 Å². The fourth-order valence-electron chi connectivity index (χ4n) is 1.54. The van der Waals surface area contributed by atoms with E-state index in [1.807, 2.05) is 30.4 Å². The average Bonchev–Trinajstić information content (AvgIpc) is 2.61. The quantitative estimate of drug-likeness (QED) is 0.745. The molecule has 1 aromatic heterocycles. The van der Waals surface area contributed by atoms with E-state index in [2.05, 4.69) is 6.08 Å². The molecule has 2 rings (SSSR count). The lowest BCUT2D eigenvalue weighted by molar-refractivity contribution is 0.457. The molecular weight excluding hydrogens is 162 g/mol. The third-order valence-electron chi connectivity index (χ3n) is 2.31. The summed E-state index contributed by atoms with van der Waals surface area (Å²) in [6.07, 6.45) is 10.8. The van der Waals surface area contributed by atoms with Crippen LogP contribution in [0, 0.1) is 5.92 Å². The molecule has 0 fully saturated rings. The van der Waals surface area contributed by atoms with Crippen LogP contribution in [0.5, 0.6) is 0 Å². The topological polar surface area (TPSA) is 39.2 Å². The Morgan fingerprint density at radius 2 is 2.15 bits per heavy atom. The highest BCUT2D eigenvalue weighted by Crippen LogP contribution is 2.16. The maximum atomic E-state index is 5.92. The number of nitrogens with two attached hydrogens (primary N) is 1. The second-order valence-corrected chi connectivity index (χ2v) is 3.29. The molecule has 0 saturated carbocycles. The van der Waals surface area contributed by atoms with Crippen LogP contribution in [0.4, 0.5) is 0 Å². The van der Waals surface area contributed by atoms with Crippen molar-refractivity contribution in [3.8, 4) is 0 Å². The Balaban J connectivity index is 2.03. The Hall–Kier alpha value is -1.28. The molecule has 0 bridgehead atoms. The Morgan fingerprint density at radius 3 is 2.85 bits per heavy atom. The molecule has 0 radical (unpaired) electrons. The van der Waals surface area contributed by atoms with Crippen molar-refractivity contribution < 1.29 is 4.42 Å². The average molecular weight is 175 g/mol. The van der Waals surface area contributed by atoms with Crippen molar-refractivity contribution in [2.45, 2.75) is 12.5 Å². The first kappa shape index (κ1) is 8.32. The lowest BCUT2D eigenvalue weighted by Crippen LogP contribution is -2.29. The summed E-state index contributed by atoms with van der Waals surface area (Å²) < 4.78 is 5.27. The Kier molecular flexibility index (Phi) is 2.32. The molecule has 1 heterocycles. The summed E-state index contributed by atoms with van der Waals surface area (Å²) in [5.41, 5.74) is 5.92. The molecule has 0 aromatic carbocycles. The third-order valence-corrected chi connectivity index (χ3v) is 2.31. The van der Waals surface area contributed by atoms with Crippen LogP contribution in [0.1, 0.15) is 5.76 Å². The molecule has 2 atom stereocenters. The zero-order valence-electron chi connectivity index (χ0n) is 7.39. The number of hydrogen-bond acceptors (Lipinski definition) is 2.